The van der Waals surface area contributed by atoms with Crippen molar-refractivity contribution >= 4 is 12.3 Å². The van der Waals surface area contributed by atoms with Crippen LogP contribution in [0.25, 0.3) is 0 Å². The van der Waals surface area contributed by atoms with Gasteiger partial charge in [-0.05, 0) is 6.08 Å². The highest BCUT2D eigenvalue weighted by molar-refractivity contribution is 5.78. The largest absolute Gasteiger partial charge is 0.457 e. The van der Waals surface area contributed by atoms with Gasteiger partial charge >= 0.3 is 0 Å². The molecule has 2 aliphatic rings. The average Bonchev–Trinajstić information content (AvgIpc) is 2.31. The molecule has 6 heteroatoms. The molecule has 0 aromatic rings. The summed E-state index contributed by atoms with van der Waals surface area (Å²) < 4.78 is 10.3. The van der Waals surface area contributed by atoms with Crippen LogP contribution in [0.3, 0.4) is 0 Å². The molecular weight excluding hydrogens is 210 g/mol. The van der Waals surface area contributed by atoms with Crippen LogP contribution in [0.2, 0.25) is 0 Å². The number of ether oxygens (including phenoxy) is 2. The van der Waals surface area contributed by atoms with E-state index in [0.717, 1.165) is 13.1 Å². The second-order valence-electron chi connectivity index (χ2n) is 3.61. The Hall–Kier alpha value is -1.40. The first kappa shape index (κ1) is 11.1. The molecule has 2 heterocycles. The van der Waals surface area contributed by atoms with E-state index in [1.807, 2.05) is 0 Å². The molecule has 0 spiro atoms. The minimum atomic E-state index is -0.397. The Labute approximate surface area is 93.9 Å². The third-order valence-electron chi connectivity index (χ3n) is 2.39. The van der Waals surface area contributed by atoms with Crippen LogP contribution in [0.15, 0.2) is 17.3 Å². The lowest BCUT2D eigenvalue weighted by Crippen LogP contribution is -2.46. The highest BCUT2D eigenvalue weighted by Gasteiger charge is 2.16. The maximum Gasteiger partial charge on any atom is 0.237 e. The predicted octanol–water partition coefficient (Wildman–Crippen LogP) is -0.667. The molecule has 6 nitrogen and oxygen atoms in total. The Morgan fingerprint density at radius 3 is 3.00 bits per heavy atom. The Balaban J connectivity index is 1.71. The molecule has 2 aliphatic heterocycles. The monoisotopic (exact) mass is 225 g/mol. The van der Waals surface area contributed by atoms with Crippen molar-refractivity contribution in [2.24, 2.45) is 4.99 Å². The molecular formula is C10H15N3O3. The Morgan fingerprint density at radius 1 is 1.50 bits per heavy atom. The summed E-state index contributed by atoms with van der Waals surface area (Å²) in [4.78, 5) is 17.4. The van der Waals surface area contributed by atoms with Crippen LogP contribution in [0.1, 0.15) is 0 Å². The van der Waals surface area contributed by atoms with E-state index < -0.39 is 6.23 Å². The van der Waals surface area contributed by atoms with Gasteiger partial charge in [0, 0.05) is 19.3 Å². The van der Waals surface area contributed by atoms with Gasteiger partial charge in [-0.15, -0.1) is 0 Å². The molecule has 16 heavy (non-hydrogen) atoms. The number of rotatable bonds is 3. The third-order valence-corrected chi connectivity index (χ3v) is 2.39. The summed E-state index contributed by atoms with van der Waals surface area (Å²) >= 11 is 0. The van der Waals surface area contributed by atoms with Gasteiger partial charge in [-0.2, -0.15) is 0 Å². The molecule has 1 atom stereocenters. The lowest BCUT2D eigenvalue weighted by molar-refractivity contribution is -0.125. The summed E-state index contributed by atoms with van der Waals surface area (Å²) in [5.41, 5.74) is 0. The maximum atomic E-state index is 11.6. The van der Waals surface area contributed by atoms with E-state index in [1.165, 1.54) is 6.40 Å². The molecule has 0 aromatic carbocycles. The van der Waals surface area contributed by atoms with Crippen LogP contribution in [0.4, 0.5) is 0 Å². The van der Waals surface area contributed by atoms with Gasteiger partial charge in [-0.3, -0.25) is 9.69 Å². The number of carbonyl (C=O) groups excluding carboxylic acids is 1. The normalized spacial score (nSPS) is 25.1. The van der Waals surface area contributed by atoms with E-state index >= 15 is 0 Å². The summed E-state index contributed by atoms with van der Waals surface area (Å²) in [6.45, 7) is 3.38. The molecule has 0 aromatic heterocycles. The molecule has 1 unspecified atom stereocenters. The van der Waals surface area contributed by atoms with Gasteiger partial charge in [0.25, 0.3) is 0 Å². The minimum absolute atomic E-state index is 0.0492. The molecule has 0 aliphatic carbocycles. The number of hydrogen-bond acceptors (Lipinski definition) is 5. The number of morpholine rings is 1. The van der Waals surface area contributed by atoms with Crippen molar-refractivity contribution in [1.82, 2.24) is 10.2 Å². The molecule has 0 radical (unpaired) electrons. The fourth-order valence-electron chi connectivity index (χ4n) is 1.56. The van der Waals surface area contributed by atoms with Gasteiger partial charge in [0.1, 0.15) is 0 Å². The molecule has 88 valence electrons. The fraction of sp³-hybridized carbons (Fsp3) is 0.600. The van der Waals surface area contributed by atoms with Crippen molar-refractivity contribution in [3.63, 3.8) is 0 Å². The first-order valence-electron chi connectivity index (χ1n) is 5.28. The van der Waals surface area contributed by atoms with Gasteiger partial charge < -0.3 is 14.8 Å². The highest BCUT2D eigenvalue weighted by Crippen LogP contribution is 1.98. The smallest absolute Gasteiger partial charge is 0.237 e. The van der Waals surface area contributed by atoms with Crippen LogP contribution in [0.5, 0.6) is 0 Å². The van der Waals surface area contributed by atoms with E-state index in [0.29, 0.717) is 19.8 Å². The average molecular weight is 225 g/mol. The van der Waals surface area contributed by atoms with E-state index in [2.05, 4.69) is 15.2 Å². The lowest BCUT2D eigenvalue weighted by atomic mass is 10.4. The third kappa shape index (κ3) is 3.32. The van der Waals surface area contributed by atoms with Crippen LogP contribution >= 0.6 is 0 Å². The van der Waals surface area contributed by atoms with Crippen LogP contribution in [0, 0.1) is 0 Å². The van der Waals surface area contributed by atoms with Gasteiger partial charge in [-0.25, -0.2) is 4.99 Å². The molecule has 1 saturated heterocycles. The van der Waals surface area contributed by atoms with Crippen molar-refractivity contribution in [1.29, 1.82) is 0 Å². The van der Waals surface area contributed by atoms with E-state index in [9.17, 15) is 4.79 Å². The van der Waals surface area contributed by atoms with Crippen molar-refractivity contribution < 1.29 is 14.3 Å². The fourth-order valence-corrected chi connectivity index (χ4v) is 1.56. The van der Waals surface area contributed by atoms with Crippen LogP contribution in [-0.4, -0.2) is 56.3 Å². The lowest BCUT2D eigenvalue weighted by Gasteiger charge is -2.26. The van der Waals surface area contributed by atoms with E-state index in [1.54, 1.807) is 12.3 Å². The Bertz CT molecular complexity index is 298. The summed E-state index contributed by atoms with van der Waals surface area (Å²) in [5, 5.41) is 2.74. The van der Waals surface area contributed by atoms with Gasteiger partial charge in [0.15, 0.2) is 12.6 Å². The Kier molecular flexibility index (Phi) is 3.90. The summed E-state index contributed by atoms with van der Waals surface area (Å²) in [7, 11) is 0. The molecule has 1 N–H and O–H groups in total. The molecule has 1 amide bonds. The second-order valence-corrected chi connectivity index (χ2v) is 3.61. The number of nitrogens with zero attached hydrogens (tertiary/aromatic N) is 2. The van der Waals surface area contributed by atoms with Crippen LogP contribution < -0.4 is 5.32 Å². The van der Waals surface area contributed by atoms with E-state index in [4.69, 9.17) is 9.47 Å². The van der Waals surface area contributed by atoms with Crippen molar-refractivity contribution in [2.45, 2.75) is 6.23 Å². The van der Waals surface area contributed by atoms with Crippen molar-refractivity contribution in [3.8, 4) is 0 Å². The summed E-state index contributed by atoms with van der Waals surface area (Å²) in [6.07, 6.45) is 4.21. The molecule has 0 saturated carbocycles. The predicted molar refractivity (Wildman–Crippen MR) is 57.9 cm³/mol. The molecule has 0 bridgehead atoms. The number of amides is 1. The molecule has 2 rings (SSSR count). The first-order chi connectivity index (χ1) is 7.84. The summed E-state index contributed by atoms with van der Waals surface area (Å²) in [5.74, 6) is -0.0492. The number of hydrogen-bond donors (Lipinski definition) is 1. The zero-order chi connectivity index (χ0) is 11.2. The van der Waals surface area contributed by atoms with Crippen molar-refractivity contribution in [3.05, 3.63) is 12.3 Å². The summed E-state index contributed by atoms with van der Waals surface area (Å²) in [6, 6.07) is 0. The SMILES string of the molecule is O=C(CN1CCOCC1)NC1C=CN=CO1. The second kappa shape index (κ2) is 5.62. The standard InChI is InChI=1S/C10H15N3O3/c14-9(7-13-3-5-15-6-4-13)12-10-1-2-11-8-16-10/h1-2,8,10H,3-7H2,(H,12,14). The topological polar surface area (TPSA) is 63.2 Å². The maximum absolute atomic E-state index is 11.6. The zero-order valence-electron chi connectivity index (χ0n) is 8.96. The van der Waals surface area contributed by atoms with Gasteiger partial charge in [-0.1, -0.05) is 0 Å². The first-order valence-corrected chi connectivity index (χ1v) is 5.28. The van der Waals surface area contributed by atoms with Crippen molar-refractivity contribution in [2.75, 3.05) is 32.8 Å². The van der Waals surface area contributed by atoms with Crippen LogP contribution in [-0.2, 0) is 14.3 Å². The number of carbonyl (C=O) groups is 1. The van der Waals surface area contributed by atoms with Gasteiger partial charge in [0.05, 0.1) is 19.8 Å². The molecule has 1 fully saturated rings. The quantitative estimate of drug-likeness (QED) is 0.692. The minimum Gasteiger partial charge on any atom is -0.457 e. The Morgan fingerprint density at radius 2 is 2.31 bits per heavy atom. The highest BCUT2D eigenvalue weighted by atomic mass is 16.5. The van der Waals surface area contributed by atoms with Gasteiger partial charge in [0.2, 0.25) is 5.91 Å². The number of nitrogens with one attached hydrogen (secondary N) is 1. The van der Waals surface area contributed by atoms with E-state index in [-0.39, 0.29) is 5.91 Å². The number of aliphatic imine (C=N–C) groups is 1. The zero-order valence-corrected chi connectivity index (χ0v) is 8.96.